The van der Waals surface area contributed by atoms with Crippen LogP contribution < -0.4 is 21.3 Å². The molecule has 0 fully saturated rings. The summed E-state index contributed by atoms with van der Waals surface area (Å²) in [4.78, 5) is 79.1. The van der Waals surface area contributed by atoms with Crippen LogP contribution in [0.1, 0.15) is 117 Å². The van der Waals surface area contributed by atoms with Gasteiger partial charge in [-0.25, -0.2) is 23.6 Å². The lowest BCUT2D eigenvalue weighted by Gasteiger charge is -2.27. The van der Waals surface area contributed by atoms with E-state index < -0.39 is 76.7 Å². The summed E-state index contributed by atoms with van der Waals surface area (Å²) in [5.41, 5.74) is 2.32. The Balaban J connectivity index is 1.36. The second-order valence-corrected chi connectivity index (χ2v) is 18.6. The fraction of sp³-hybridized carbons (Fsp3) is 0.500. The highest BCUT2D eigenvalue weighted by atomic mass is 19.1. The molecule has 1 aliphatic carbocycles. The first-order valence-electron chi connectivity index (χ1n) is 21.4. The summed E-state index contributed by atoms with van der Waals surface area (Å²) < 4.78 is 35.9. The van der Waals surface area contributed by atoms with E-state index in [1.165, 1.54) is 24.3 Å². The number of urea groups is 1. The van der Waals surface area contributed by atoms with Gasteiger partial charge >= 0.3 is 30.0 Å². The van der Waals surface area contributed by atoms with Gasteiger partial charge in [-0.1, -0.05) is 60.7 Å². The number of carbonyl (C=O) groups excluding carboxylic acids is 6. The van der Waals surface area contributed by atoms with Crippen molar-refractivity contribution in [3.05, 3.63) is 95.3 Å². The third-order valence-corrected chi connectivity index (χ3v) is 9.57. The number of amides is 4. The molecule has 0 aliphatic heterocycles. The molecule has 3 aromatic rings. The van der Waals surface area contributed by atoms with Gasteiger partial charge in [0, 0.05) is 25.3 Å². The minimum absolute atomic E-state index is 0.0450. The Kier molecular flexibility index (Phi) is 17.2. The van der Waals surface area contributed by atoms with Crippen molar-refractivity contribution in [2.75, 3.05) is 13.2 Å². The van der Waals surface area contributed by atoms with Gasteiger partial charge in [-0.3, -0.25) is 9.59 Å². The number of nitrogens with one attached hydrogen (secondary N) is 4. The quantitative estimate of drug-likeness (QED) is 0.0570. The molecular formula is C48H63FN4O10. The van der Waals surface area contributed by atoms with Crippen molar-refractivity contribution in [3.8, 4) is 11.1 Å². The highest BCUT2D eigenvalue weighted by molar-refractivity contribution is 5.88. The number of ether oxygens (including phenoxy) is 4. The van der Waals surface area contributed by atoms with Gasteiger partial charge in [-0.05, 0) is 128 Å². The van der Waals surface area contributed by atoms with Crippen molar-refractivity contribution in [2.45, 2.75) is 142 Å². The van der Waals surface area contributed by atoms with Crippen LogP contribution in [0.25, 0.3) is 11.1 Å². The monoisotopic (exact) mass is 874 g/mol. The number of hydrogen-bond donors (Lipinski definition) is 4. The lowest BCUT2D eigenvalue weighted by atomic mass is 9.98. The van der Waals surface area contributed by atoms with Crippen molar-refractivity contribution in [2.24, 2.45) is 0 Å². The summed E-state index contributed by atoms with van der Waals surface area (Å²) in [6.07, 6.45) is -0.244. The molecule has 342 valence electrons. The van der Waals surface area contributed by atoms with Gasteiger partial charge in [0.1, 0.15) is 47.4 Å². The van der Waals surface area contributed by atoms with Gasteiger partial charge in [-0.15, -0.1) is 0 Å². The van der Waals surface area contributed by atoms with E-state index in [1.807, 2.05) is 48.5 Å². The van der Waals surface area contributed by atoms with Crippen molar-refractivity contribution in [1.29, 1.82) is 0 Å². The third-order valence-electron chi connectivity index (χ3n) is 9.57. The zero-order valence-electron chi connectivity index (χ0n) is 37.9. The summed E-state index contributed by atoms with van der Waals surface area (Å²) >= 11 is 0. The fourth-order valence-corrected chi connectivity index (χ4v) is 6.91. The predicted molar refractivity (Wildman–Crippen MR) is 235 cm³/mol. The number of unbranched alkanes of at least 4 members (excludes halogenated alkanes) is 1. The van der Waals surface area contributed by atoms with Crippen LogP contribution in [0.3, 0.4) is 0 Å². The maximum absolute atomic E-state index is 13.7. The van der Waals surface area contributed by atoms with Crippen LogP contribution in [-0.4, -0.2) is 84.0 Å². The van der Waals surface area contributed by atoms with E-state index in [0.29, 0.717) is 18.4 Å². The molecule has 14 nitrogen and oxygen atoms in total. The largest absolute Gasteiger partial charge is 0.460 e. The number of carbonyl (C=O) groups is 6. The smallest absolute Gasteiger partial charge is 0.407 e. The minimum Gasteiger partial charge on any atom is -0.460 e. The van der Waals surface area contributed by atoms with Crippen molar-refractivity contribution >= 4 is 35.9 Å². The van der Waals surface area contributed by atoms with Crippen molar-refractivity contribution in [3.63, 3.8) is 0 Å². The van der Waals surface area contributed by atoms with E-state index in [2.05, 4.69) is 21.3 Å². The minimum atomic E-state index is -1.24. The summed E-state index contributed by atoms with van der Waals surface area (Å²) in [6.45, 7) is 15.4. The Labute approximate surface area is 369 Å². The summed E-state index contributed by atoms with van der Waals surface area (Å²) in [6, 6.07) is 17.2. The molecule has 0 aromatic heterocycles. The molecule has 63 heavy (non-hydrogen) atoms. The fourth-order valence-electron chi connectivity index (χ4n) is 6.91. The van der Waals surface area contributed by atoms with E-state index in [-0.39, 0.29) is 44.8 Å². The molecule has 1 aliphatic rings. The second-order valence-electron chi connectivity index (χ2n) is 18.6. The number of rotatable bonds is 18. The average Bonchev–Trinajstić information content (AvgIpc) is 3.50. The van der Waals surface area contributed by atoms with Gasteiger partial charge in [0.25, 0.3) is 0 Å². The zero-order chi connectivity index (χ0) is 46.5. The van der Waals surface area contributed by atoms with Crippen LogP contribution in [0.15, 0.2) is 72.8 Å². The number of esters is 3. The van der Waals surface area contributed by atoms with Crippen molar-refractivity contribution in [1.82, 2.24) is 21.3 Å². The molecule has 15 heteroatoms. The molecule has 4 N–H and O–H groups in total. The predicted octanol–water partition coefficient (Wildman–Crippen LogP) is 7.40. The SMILES string of the molecule is CC(C)(C)OC(=O)CC[C@H](NC(=O)N[C@@H](CCCCNC(=O)[C@H](Cc1ccc(F)cc1)NC(=O)OCC1c2ccccc2-c2ccccc21)C(=O)OC(C)(C)C)C(=O)OC(C)(C)C. The Morgan fingerprint density at radius 1 is 0.619 bits per heavy atom. The Bertz CT molecular complexity index is 2020. The van der Waals surface area contributed by atoms with E-state index in [1.54, 1.807) is 62.3 Å². The van der Waals surface area contributed by atoms with E-state index in [0.717, 1.165) is 22.3 Å². The first kappa shape index (κ1) is 49.7. The standard InChI is InChI=1S/C48H63FN4O10/c1-46(2,3)61-40(54)26-25-38(43(57)63-48(7,8)9)52-44(58)51-37(42(56)62-47(4,5)6)20-14-15-27-50-41(55)39(28-30-21-23-31(49)24-22-30)53-45(59)60-29-36-34-18-12-10-16-32(34)33-17-11-13-19-35(33)36/h10-13,16-19,21-24,36-39H,14-15,20,25-29H2,1-9H3,(H,50,55)(H,53,59)(H2,51,52,58)/t37-,38-,39-/m0/s1. The van der Waals surface area contributed by atoms with Gasteiger partial charge in [0.2, 0.25) is 5.91 Å². The van der Waals surface area contributed by atoms with Crippen LogP contribution in [0, 0.1) is 5.82 Å². The molecule has 0 spiro atoms. The lowest BCUT2D eigenvalue weighted by molar-refractivity contribution is -0.159. The van der Waals surface area contributed by atoms with Gasteiger partial charge in [0.15, 0.2) is 0 Å². The molecule has 0 radical (unpaired) electrons. The average molecular weight is 875 g/mol. The maximum atomic E-state index is 13.7. The molecule has 0 bridgehead atoms. The van der Waals surface area contributed by atoms with Crippen LogP contribution >= 0.6 is 0 Å². The Morgan fingerprint density at radius 3 is 1.65 bits per heavy atom. The van der Waals surface area contributed by atoms with Crippen LogP contribution in [0.4, 0.5) is 14.0 Å². The summed E-state index contributed by atoms with van der Waals surface area (Å²) in [5, 5.41) is 10.7. The number of halogens is 1. The Morgan fingerprint density at radius 2 is 1.13 bits per heavy atom. The van der Waals surface area contributed by atoms with E-state index >= 15 is 0 Å². The summed E-state index contributed by atoms with van der Waals surface area (Å²) in [5.74, 6) is -3.18. The maximum Gasteiger partial charge on any atom is 0.407 e. The number of alkyl carbamates (subject to hydrolysis) is 1. The van der Waals surface area contributed by atoms with Gasteiger partial charge in [-0.2, -0.15) is 0 Å². The summed E-state index contributed by atoms with van der Waals surface area (Å²) in [7, 11) is 0. The van der Waals surface area contributed by atoms with Crippen molar-refractivity contribution < 1.29 is 52.1 Å². The first-order valence-corrected chi connectivity index (χ1v) is 21.4. The van der Waals surface area contributed by atoms with Gasteiger partial charge < -0.3 is 40.2 Å². The molecule has 0 heterocycles. The Hall–Kier alpha value is -5.99. The molecule has 3 atom stereocenters. The lowest BCUT2D eigenvalue weighted by Crippen LogP contribution is -2.53. The van der Waals surface area contributed by atoms with Crippen LogP contribution in [-0.2, 0) is 44.5 Å². The second kappa shape index (κ2) is 21.9. The molecule has 0 saturated heterocycles. The number of fused-ring (bicyclic) bond motifs is 3. The molecular weight excluding hydrogens is 812 g/mol. The van der Waals surface area contributed by atoms with Gasteiger partial charge in [0.05, 0.1) is 0 Å². The molecule has 0 saturated carbocycles. The number of benzene rings is 3. The molecule has 4 amide bonds. The van der Waals surface area contributed by atoms with Crippen LogP contribution in [0.2, 0.25) is 0 Å². The third kappa shape index (κ3) is 16.7. The topological polar surface area (TPSA) is 187 Å². The molecule has 4 rings (SSSR count). The molecule has 0 unspecified atom stereocenters. The van der Waals surface area contributed by atoms with E-state index in [4.69, 9.17) is 18.9 Å². The van der Waals surface area contributed by atoms with Crippen LogP contribution in [0.5, 0.6) is 0 Å². The highest BCUT2D eigenvalue weighted by Crippen LogP contribution is 2.44. The highest BCUT2D eigenvalue weighted by Gasteiger charge is 2.33. The number of hydrogen-bond acceptors (Lipinski definition) is 10. The molecule has 3 aromatic carbocycles. The first-order chi connectivity index (χ1) is 29.5. The zero-order valence-corrected chi connectivity index (χ0v) is 37.9. The normalized spacial score (nSPS) is 13.9. The van der Waals surface area contributed by atoms with E-state index in [9.17, 15) is 33.2 Å².